The van der Waals surface area contributed by atoms with Crippen LogP contribution in [0.5, 0.6) is 5.75 Å². The van der Waals surface area contributed by atoms with E-state index in [1.54, 1.807) is 0 Å². The van der Waals surface area contributed by atoms with E-state index < -0.39 is 5.25 Å². The molecule has 0 aliphatic carbocycles. The van der Waals surface area contributed by atoms with Crippen LogP contribution in [-0.2, 0) is 4.79 Å². The van der Waals surface area contributed by atoms with E-state index >= 15 is 0 Å². The van der Waals surface area contributed by atoms with Crippen molar-refractivity contribution in [3.8, 4) is 5.75 Å². The molecule has 1 heterocycles. The fourth-order valence-electron chi connectivity index (χ4n) is 2.95. The zero-order valence-electron chi connectivity index (χ0n) is 15.9. The number of nitrogens with one attached hydrogen (secondary N) is 1. The van der Waals surface area contributed by atoms with Crippen LogP contribution in [0.2, 0.25) is 0 Å². The lowest BCUT2D eigenvalue weighted by molar-refractivity contribution is -0.115. The number of thioether (sulfide) groups is 1. The predicted octanol–water partition coefficient (Wildman–Crippen LogP) is 5.70. The highest BCUT2D eigenvalue weighted by Crippen LogP contribution is 2.37. The van der Waals surface area contributed by atoms with E-state index in [1.165, 1.54) is 11.8 Å². The van der Waals surface area contributed by atoms with Gasteiger partial charge in [0.2, 0.25) is 5.91 Å². The molecule has 0 spiro atoms. The van der Waals surface area contributed by atoms with Crippen molar-refractivity contribution in [2.45, 2.75) is 17.4 Å². The van der Waals surface area contributed by atoms with Crippen LogP contribution in [0.25, 0.3) is 11.1 Å². The second-order valence-electron chi connectivity index (χ2n) is 6.27. The molecule has 1 aromatic heterocycles. The summed E-state index contributed by atoms with van der Waals surface area (Å²) >= 11 is 1.28. The molecule has 4 aromatic rings. The third-order valence-corrected chi connectivity index (χ3v) is 5.38. The number of carbonyl (C=O) groups excluding carboxylic acids is 1. The molecular weight excluding hydrogens is 384 g/mol. The van der Waals surface area contributed by atoms with Crippen molar-refractivity contribution in [1.29, 1.82) is 0 Å². The number of nitrogens with zero attached hydrogens (tertiary/aromatic N) is 1. The summed E-state index contributed by atoms with van der Waals surface area (Å²) in [7, 11) is 0. The highest BCUT2D eigenvalue weighted by molar-refractivity contribution is 8.00. The van der Waals surface area contributed by atoms with Crippen LogP contribution in [0.15, 0.2) is 88.5 Å². The molecule has 6 heteroatoms. The largest absolute Gasteiger partial charge is 0.492 e. The molecular formula is C23H20N2O3S. The summed E-state index contributed by atoms with van der Waals surface area (Å²) in [5.74, 6) is 0.470. The molecule has 146 valence electrons. The third kappa shape index (κ3) is 4.43. The number of benzene rings is 3. The number of carbonyl (C=O) groups is 1. The second-order valence-corrected chi connectivity index (χ2v) is 7.33. The fraction of sp³-hybridized carbons (Fsp3) is 0.130. The molecule has 1 atom stereocenters. The Morgan fingerprint density at radius 3 is 2.55 bits per heavy atom. The summed E-state index contributed by atoms with van der Waals surface area (Å²) in [6.45, 7) is 2.43. The van der Waals surface area contributed by atoms with E-state index in [0.29, 0.717) is 28.8 Å². The van der Waals surface area contributed by atoms with Gasteiger partial charge in [0.1, 0.15) is 16.5 Å². The molecule has 0 aliphatic rings. The van der Waals surface area contributed by atoms with E-state index in [0.717, 1.165) is 11.1 Å². The van der Waals surface area contributed by atoms with Gasteiger partial charge in [-0.2, -0.15) is 0 Å². The molecule has 1 amide bonds. The molecule has 1 unspecified atom stereocenters. The average molecular weight is 404 g/mol. The number of aromatic nitrogens is 1. The van der Waals surface area contributed by atoms with Gasteiger partial charge in [0, 0.05) is 0 Å². The van der Waals surface area contributed by atoms with E-state index in [1.807, 2.05) is 85.8 Å². The normalized spacial score (nSPS) is 11.9. The first-order valence-corrected chi connectivity index (χ1v) is 10.2. The molecule has 1 N–H and O–H groups in total. The van der Waals surface area contributed by atoms with E-state index in [-0.39, 0.29) is 5.91 Å². The minimum Gasteiger partial charge on any atom is -0.492 e. The Morgan fingerprint density at radius 2 is 1.76 bits per heavy atom. The maximum Gasteiger partial charge on any atom is 0.257 e. The molecule has 29 heavy (non-hydrogen) atoms. The lowest BCUT2D eigenvalue weighted by Gasteiger charge is -2.17. The van der Waals surface area contributed by atoms with Gasteiger partial charge < -0.3 is 14.5 Å². The topological polar surface area (TPSA) is 64.4 Å². The zero-order valence-corrected chi connectivity index (χ0v) is 16.7. The molecule has 4 rings (SSSR count). The molecule has 0 fully saturated rings. The van der Waals surface area contributed by atoms with Crippen LogP contribution < -0.4 is 10.1 Å². The lowest BCUT2D eigenvalue weighted by Crippen LogP contribution is -2.19. The fourth-order valence-corrected chi connectivity index (χ4v) is 3.90. The van der Waals surface area contributed by atoms with Gasteiger partial charge in [0.05, 0.1) is 12.3 Å². The zero-order chi connectivity index (χ0) is 20.1. The Kier molecular flexibility index (Phi) is 5.81. The van der Waals surface area contributed by atoms with Crippen molar-refractivity contribution in [3.63, 3.8) is 0 Å². The van der Waals surface area contributed by atoms with Gasteiger partial charge in [0.25, 0.3) is 5.22 Å². The van der Waals surface area contributed by atoms with Crippen molar-refractivity contribution < 1.29 is 13.9 Å². The maximum absolute atomic E-state index is 13.2. The van der Waals surface area contributed by atoms with Crippen LogP contribution >= 0.6 is 11.8 Å². The van der Waals surface area contributed by atoms with Crippen LogP contribution in [0.1, 0.15) is 17.7 Å². The first kappa shape index (κ1) is 19.1. The van der Waals surface area contributed by atoms with Crippen LogP contribution in [0.3, 0.4) is 0 Å². The Morgan fingerprint density at radius 1 is 1.03 bits per heavy atom. The number of para-hydroxylation sites is 4. The van der Waals surface area contributed by atoms with E-state index in [2.05, 4.69) is 10.3 Å². The quantitative estimate of drug-likeness (QED) is 0.400. The maximum atomic E-state index is 13.2. The smallest absolute Gasteiger partial charge is 0.257 e. The highest BCUT2D eigenvalue weighted by Gasteiger charge is 2.25. The molecule has 0 bridgehead atoms. The first-order chi connectivity index (χ1) is 14.2. The van der Waals surface area contributed by atoms with E-state index in [9.17, 15) is 4.79 Å². The number of hydrogen-bond acceptors (Lipinski definition) is 5. The van der Waals surface area contributed by atoms with Crippen LogP contribution in [-0.4, -0.2) is 17.5 Å². The predicted molar refractivity (Wildman–Crippen MR) is 115 cm³/mol. The van der Waals surface area contributed by atoms with Crippen molar-refractivity contribution >= 4 is 34.5 Å². The Hall–Kier alpha value is -3.25. The molecule has 0 saturated heterocycles. The SMILES string of the molecule is CCOc1ccccc1NC(=O)C(Sc1nc2ccccc2o1)c1ccccc1. The van der Waals surface area contributed by atoms with Gasteiger partial charge in [-0.25, -0.2) is 4.98 Å². The van der Waals surface area contributed by atoms with Crippen LogP contribution in [0, 0.1) is 0 Å². The van der Waals surface area contributed by atoms with Crippen molar-refractivity contribution in [2.75, 3.05) is 11.9 Å². The van der Waals surface area contributed by atoms with Gasteiger partial charge in [-0.15, -0.1) is 0 Å². The summed E-state index contributed by atoms with van der Waals surface area (Å²) in [5, 5.41) is 2.92. The lowest BCUT2D eigenvalue weighted by atomic mass is 10.1. The summed E-state index contributed by atoms with van der Waals surface area (Å²) in [6.07, 6.45) is 0. The highest BCUT2D eigenvalue weighted by atomic mass is 32.2. The first-order valence-electron chi connectivity index (χ1n) is 9.34. The van der Waals surface area contributed by atoms with Crippen molar-refractivity contribution in [2.24, 2.45) is 0 Å². The number of oxazole rings is 1. The number of amides is 1. The van der Waals surface area contributed by atoms with Gasteiger partial charge in [-0.3, -0.25) is 4.79 Å². The van der Waals surface area contributed by atoms with Crippen molar-refractivity contribution in [1.82, 2.24) is 4.98 Å². The summed E-state index contributed by atoms with van der Waals surface area (Å²) < 4.78 is 11.5. The standard InChI is InChI=1S/C23H20N2O3S/c1-2-27-19-14-8-6-12-17(19)24-22(26)21(16-10-4-3-5-11-16)29-23-25-18-13-7-9-15-20(18)28-23/h3-15,21H,2H2,1H3,(H,24,26). The minimum absolute atomic E-state index is 0.171. The second kappa shape index (κ2) is 8.84. The Balaban J connectivity index is 1.63. The summed E-state index contributed by atoms with van der Waals surface area (Å²) in [5.41, 5.74) is 2.97. The third-order valence-electron chi connectivity index (χ3n) is 4.28. The monoisotopic (exact) mass is 404 g/mol. The number of hydrogen-bond donors (Lipinski definition) is 1. The van der Waals surface area contributed by atoms with Crippen molar-refractivity contribution in [3.05, 3.63) is 84.4 Å². The summed E-state index contributed by atoms with van der Waals surface area (Å²) in [6, 6.07) is 24.6. The van der Waals surface area contributed by atoms with Crippen LogP contribution in [0.4, 0.5) is 5.69 Å². The molecule has 0 saturated carbocycles. The molecule has 5 nitrogen and oxygen atoms in total. The summed E-state index contributed by atoms with van der Waals surface area (Å²) in [4.78, 5) is 17.7. The number of rotatable bonds is 7. The molecule has 0 radical (unpaired) electrons. The van der Waals surface area contributed by atoms with Gasteiger partial charge in [-0.1, -0.05) is 54.6 Å². The van der Waals surface area contributed by atoms with Gasteiger partial charge in [-0.05, 0) is 48.5 Å². The average Bonchev–Trinajstić information content (AvgIpc) is 3.17. The Bertz CT molecular complexity index is 1080. The number of fused-ring (bicyclic) bond motifs is 1. The van der Waals surface area contributed by atoms with E-state index in [4.69, 9.17) is 9.15 Å². The van der Waals surface area contributed by atoms with Gasteiger partial charge in [0.15, 0.2) is 5.58 Å². The number of anilines is 1. The Labute approximate surface area is 173 Å². The molecule has 3 aromatic carbocycles. The molecule has 0 aliphatic heterocycles. The minimum atomic E-state index is -0.529. The number of ether oxygens (including phenoxy) is 1. The van der Waals surface area contributed by atoms with Gasteiger partial charge >= 0.3 is 0 Å².